The summed E-state index contributed by atoms with van der Waals surface area (Å²) >= 11 is 0. The SMILES string of the molecule is CCc1cnc(N2CC3C(COc4ccc(-c5ccc(S(C)(=O)=O)c(F)c5)cc4)[C@@H]3C2)nc1. The van der Waals surface area contributed by atoms with Gasteiger partial charge in [-0.05, 0) is 59.2 Å². The Bertz CT molecular complexity index is 1250. The Morgan fingerprint density at radius 1 is 1.03 bits per heavy atom. The van der Waals surface area contributed by atoms with Crippen LogP contribution in [0.3, 0.4) is 0 Å². The number of nitrogens with zero attached hydrogens (tertiary/aromatic N) is 3. The highest BCUT2D eigenvalue weighted by molar-refractivity contribution is 7.90. The van der Waals surface area contributed by atoms with E-state index in [9.17, 15) is 12.8 Å². The molecule has 2 fully saturated rings. The van der Waals surface area contributed by atoms with Gasteiger partial charge in [-0.2, -0.15) is 0 Å². The van der Waals surface area contributed by atoms with E-state index in [0.717, 1.165) is 48.6 Å². The fourth-order valence-electron chi connectivity index (χ4n) is 4.67. The normalized spacial score (nSPS) is 21.7. The fourth-order valence-corrected chi connectivity index (χ4v) is 5.40. The second-order valence-electron chi connectivity index (χ2n) is 8.89. The Labute approximate surface area is 193 Å². The lowest BCUT2D eigenvalue weighted by Gasteiger charge is -2.19. The first-order valence-corrected chi connectivity index (χ1v) is 13.0. The van der Waals surface area contributed by atoms with Gasteiger partial charge in [0.1, 0.15) is 16.5 Å². The number of piperidine rings is 1. The molecule has 3 atom stereocenters. The molecule has 2 aliphatic rings. The average Bonchev–Trinajstić information content (AvgIpc) is 3.25. The number of anilines is 1. The lowest BCUT2D eigenvalue weighted by molar-refractivity contribution is 0.283. The summed E-state index contributed by atoms with van der Waals surface area (Å²) in [4.78, 5) is 11.0. The van der Waals surface area contributed by atoms with E-state index in [2.05, 4.69) is 21.8 Å². The Kier molecular flexibility index (Phi) is 5.56. The van der Waals surface area contributed by atoms with Gasteiger partial charge in [0, 0.05) is 37.7 Å². The van der Waals surface area contributed by atoms with Crippen molar-refractivity contribution in [3.8, 4) is 16.9 Å². The zero-order valence-electron chi connectivity index (χ0n) is 18.6. The largest absolute Gasteiger partial charge is 0.493 e. The van der Waals surface area contributed by atoms with E-state index in [1.807, 2.05) is 36.7 Å². The third-order valence-corrected chi connectivity index (χ3v) is 7.85. The van der Waals surface area contributed by atoms with Crippen molar-refractivity contribution in [2.45, 2.75) is 18.2 Å². The van der Waals surface area contributed by atoms with E-state index in [0.29, 0.717) is 29.9 Å². The number of hydrogen-bond donors (Lipinski definition) is 0. The standard InChI is InChI=1S/C25H26FN3O3S/c1-3-16-11-27-25(28-12-16)29-13-20-21(14-29)22(20)15-32-19-7-4-17(5-8-19)18-6-9-24(23(26)10-18)33(2,30)31/h4-12,20-22H,3,13-15H2,1-2H3/t20-,21?,22?/m1/s1. The summed E-state index contributed by atoms with van der Waals surface area (Å²) in [7, 11) is -3.58. The zero-order valence-corrected chi connectivity index (χ0v) is 19.4. The van der Waals surface area contributed by atoms with Crippen molar-refractivity contribution in [2.24, 2.45) is 17.8 Å². The molecule has 3 aromatic rings. The first kappa shape index (κ1) is 21.8. The molecule has 1 aromatic heterocycles. The van der Waals surface area contributed by atoms with Gasteiger partial charge in [0.15, 0.2) is 9.84 Å². The quantitative estimate of drug-likeness (QED) is 0.523. The topological polar surface area (TPSA) is 72.4 Å². The molecule has 5 rings (SSSR count). The second-order valence-corrected chi connectivity index (χ2v) is 10.9. The van der Waals surface area contributed by atoms with Crippen molar-refractivity contribution in [1.29, 1.82) is 0 Å². The van der Waals surface area contributed by atoms with E-state index in [4.69, 9.17) is 4.74 Å². The molecule has 0 amide bonds. The van der Waals surface area contributed by atoms with Crippen molar-refractivity contribution < 1.29 is 17.5 Å². The molecule has 1 aliphatic carbocycles. The summed E-state index contributed by atoms with van der Waals surface area (Å²) in [6.45, 7) is 4.71. The number of hydrogen-bond acceptors (Lipinski definition) is 6. The molecular formula is C25H26FN3O3S. The van der Waals surface area contributed by atoms with E-state index < -0.39 is 15.7 Å². The van der Waals surface area contributed by atoms with E-state index in [1.165, 1.54) is 12.1 Å². The van der Waals surface area contributed by atoms with Crippen LogP contribution in [-0.2, 0) is 16.3 Å². The monoisotopic (exact) mass is 467 g/mol. The van der Waals surface area contributed by atoms with Gasteiger partial charge >= 0.3 is 0 Å². The maximum Gasteiger partial charge on any atom is 0.225 e. The minimum Gasteiger partial charge on any atom is -0.493 e. The Balaban J connectivity index is 1.15. The minimum absolute atomic E-state index is 0.288. The summed E-state index contributed by atoms with van der Waals surface area (Å²) in [6, 6.07) is 11.6. The van der Waals surface area contributed by atoms with Crippen LogP contribution in [0.5, 0.6) is 5.75 Å². The third kappa shape index (κ3) is 4.44. The molecule has 1 saturated heterocycles. The summed E-state index contributed by atoms with van der Waals surface area (Å²) in [5.74, 6) is 2.64. The van der Waals surface area contributed by atoms with Crippen LogP contribution in [0.4, 0.5) is 10.3 Å². The number of ether oxygens (including phenoxy) is 1. The first-order chi connectivity index (χ1) is 15.8. The van der Waals surface area contributed by atoms with Crippen molar-refractivity contribution >= 4 is 15.8 Å². The molecule has 0 radical (unpaired) electrons. The van der Waals surface area contributed by atoms with Gasteiger partial charge in [0.2, 0.25) is 5.95 Å². The molecule has 0 bridgehead atoms. The smallest absolute Gasteiger partial charge is 0.225 e. The first-order valence-electron chi connectivity index (χ1n) is 11.1. The predicted molar refractivity (Wildman–Crippen MR) is 125 cm³/mol. The molecule has 0 N–H and O–H groups in total. The third-order valence-electron chi connectivity index (χ3n) is 6.72. The predicted octanol–water partition coefficient (Wildman–Crippen LogP) is 4.01. The van der Waals surface area contributed by atoms with Gasteiger partial charge in [-0.1, -0.05) is 25.1 Å². The number of fused-ring (bicyclic) bond motifs is 1. The number of sulfone groups is 1. The van der Waals surface area contributed by atoms with Gasteiger partial charge in [-0.15, -0.1) is 0 Å². The van der Waals surface area contributed by atoms with Gasteiger partial charge in [0.05, 0.1) is 6.61 Å². The van der Waals surface area contributed by atoms with Crippen molar-refractivity contribution in [2.75, 3.05) is 30.9 Å². The summed E-state index contributed by atoms with van der Waals surface area (Å²) in [5, 5.41) is 0. The molecule has 6 nitrogen and oxygen atoms in total. The number of rotatable bonds is 7. The highest BCUT2D eigenvalue weighted by Crippen LogP contribution is 2.52. The Morgan fingerprint density at radius 3 is 2.24 bits per heavy atom. The van der Waals surface area contributed by atoms with Crippen LogP contribution in [0.2, 0.25) is 0 Å². The minimum atomic E-state index is -3.58. The molecule has 172 valence electrons. The summed E-state index contributed by atoms with van der Waals surface area (Å²) in [5.41, 5.74) is 2.57. The Morgan fingerprint density at radius 2 is 1.67 bits per heavy atom. The van der Waals surface area contributed by atoms with Gasteiger partial charge in [0.25, 0.3) is 0 Å². The van der Waals surface area contributed by atoms with Crippen LogP contribution >= 0.6 is 0 Å². The maximum absolute atomic E-state index is 14.2. The van der Waals surface area contributed by atoms with Crippen LogP contribution in [0.15, 0.2) is 59.8 Å². The highest BCUT2D eigenvalue weighted by atomic mass is 32.2. The number of aryl methyl sites for hydroxylation is 1. The van der Waals surface area contributed by atoms with Crippen LogP contribution in [0.25, 0.3) is 11.1 Å². The summed E-state index contributed by atoms with van der Waals surface area (Å²) in [6.07, 6.45) is 5.76. The molecule has 33 heavy (non-hydrogen) atoms. The molecule has 2 unspecified atom stereocenters. The van der Waals surface area contributed by atoms with Crippen LogP contribution in [0, 0.1) is 23.6 Å². The molecule has 2 heterocycles. The molecule has 1 aliphatic heterocycles. The maximum atomic E-state index is 14.2. The average molecular weight is 468 g/mol. The molecule has 8 heteroatoms. The van der Waals surface area contributed by atoms with Crippen LogP contribution in [0.1, 0.15) is 12.5 Å². The molecule has 1 saturated carbocycles. The highest BCUT2D eigenvalue weighted by Gasteiger charge is 2.56. The second kappa shape index (κ2) is 8.41. The molecular weight excluding hydrogens is 441 g/mol. The van der Waals surface area contributed by atoms with E-state index >= 15 is 0 Å². The van der Waals surface area contributed by atoms with Gasteiger partial charge in [-0.25, -0.2) is 22.8 Å². The van der Waals surface area contributed by atoms with Crippen LogP contribution < -0.4 is 9.64 Å². The lowest BCUT2D eigenvalue weighted by Crippen LogP contribution is -2.27. The van der Waals surface area contributed by atoms with Crippen molar-refractivity contribution in [1.82, 2.24) is 9.97 Å². The van der Waals surface area contributed by atoms with E-state index in [1.54, 1.807) is 6.07 Å². The van der Waals surface area contributed by atoms with Crippen molar-refractivity contribution in [3.05, 3.63) is 66.2 Å². The Hall–Kier alpha value is -3.00. The lowest BCUT2D eigenvalue weighted by atomic mass is 10.1. The molecule has 0 spiro atoms. The van der Waals surface area contributed by atoms with Crippen molar-refractivity contribution in [3.63, 3.8) is 0 Å². The molecule has 2 aromatic carbocycles. The number of benzene rings is 2. The zero-order chi connectivity index (χ0) is 23.2. The summed E-state index contributed by atoms with van der Waals surface area (Å²) < 4.78 is 43.4. The van der Waals surface area contributed by atoms with E-state index in [-0.39, 0.29) is 4.90 Å². The van der Waals surface area contributed by atoms with Gasteiger partial charge in [-0.3, -0.25) is 0 Å². The number of halogens is 1. The fraction of sp³-hybridized carbons (Fsp3) is 0.360. The van der Waals surface area contributed by atoms with Crippen LogP contribution in [-0.4, -0.2) is 44.3 Å². The van der Waals surface area contributed by atoms with Gasteiger partial charge < -0.3 is 9.64 Å². The number of aromatic nitrogens is 2.